The predicted molar refractivity (Wildman–Crippen MR) is 90.6 cm³/mol. The highest BCUT2D eigenvalue weighted by molar-refractivity contribution is 5.92. The number of fused-ring (bicyclic) bond motifs is 1. The number of alkyl halides is 3. The number of halogens is 3. The van der Waals surface area contributed by atoms with Crippen molar-refractivity contribution in [2.75, 3.05) is 0 Å². The Morgan fingerprint density at radius 1 is 0.833 bits per heavy atom. The third kappa shape index (κ3) is 3.51. The molecule has 3 N–H and O–H groups in total. The number of aryl methyl sites for hydroxylation is 1. The number of hydrogen-bond donors (Lipinski definition) is 1. The Hall–Kier alpha value is -2.53. The van der Waals surface area contributed by atoms with Crippen LogP contribution in [-0.4, -0.2) is 6.36 Å². The van der Waals surface area contributed by atoms with Crippen molar-refractivity contribution in [1.29, 1.82) is 0 Å². The molecule has 2 nitrogen and oxygen atoms in total. The van der Waals surface area contributed by atoms with Crippen LogP contribution in [0.3, 0.4) is 0 Å². The molecule has 5 heteroatoms. The van der Waals surface area contributed by atoms with Gasteiger partial charge in [0.15, 0.2) is 0 Å². The van der Waals surface area contributed by atoms with E-state index in [4.69, 9.17) is 0 Å². The molecule has 0 radical (unpaired) electrons. The van der Waals surface area contributed by atoms with Crippen LogP contribution in [0.25, 0.3) is 21.9 Å². The van der Waals surface area contributed by atoms with Gasteiger partial charge in [0.25, 0.3) is 0 Å². The van der Waals surface area contributed by atoms with Gasteiger partial charge in [-0.3, -0.25) is 0 Å². The lowest BCUT2D eigenvalue weighted by Crippen LogP contribution is -2.16. The summed E-state index contributed by atoms with van der Waals surface area (Å²) in [7, 11) is 0. The van der Waals surface area contributed by atoms with Crippen LogP contribution in [0.4, 0.5) is 13.2 Å². The predicted octanol–water partition coefficient (Wildman–Crippen LogP) is 6.18. The molecule has 0 unspecified atom stereocenters. The minimum absolute atomic E-state index is 0. The quantitative estimate of drug-likeness (QED) is 0.608. The van der Waals surface area contributed by atoms with E-state index in [2.05, 4.69) is 23.8 Å². The van der Waals surface area contributed by atoms with E-state index in [1.165, 1.54) is 23.1 Å². The van der Waals surface area contributed by atoms with Gasteiger partial charge in [-0.1, -0.05) is 36.4 Å². The summed E-state index contributed by atoms with van der Waals surface area (Å²) in [5.74, 6) is -0.212. The fourth-order valence-electron chi connectivity index (χ4n) is 2.77. The van der Waals surface area contributed by atoms with E-state index in [1.807, 2.05) is 25.1 Å². The zero-order valence-electron chi connectivity index (χ0n) is 13.4. The SMILES string of the molecule is Cc1c(-c2ccc(OC(F)(F)F)cc2)cc2ccccc2c1C.N. The number of rotatable bonds is 2. The fraction of sp³-hybridized carbons (Fsp3) is 0.158. The van der Waals surface area contributed by atoms with Crippen LogP contribution in [0.15, 0.2) is 54.6 Å². The Morgan fingerprint density at radius 2 is 1.46 bits per heavy atom. The first-order chi connectivity index (χ1) is 10.8. The maximum Gasteiger partial charge on any atom is 0.573 e. The van der Waals surface area contributed by atoms with Gasteiger partial charge in [0.1, 0.15) is 5.75 Å². The third-order valence-electron chi connectivity index (χ3n) is 4.03. The van der Waals surface area contributed by atoms with Crippen molar-refractivity contribution in [3.8, 4) is 16.9 Å². The van der Waals surface area contributed by atoms with Crippen molar-refractivity contribution >= 4 is 10.8 Å². The van der Waals surface area contributed by atoms with E-state index in [9.17, 15) is 13.2 Å². The molecule has 0 atom stereocenters. The van der Waals surface area contributed by atoms with Gasteiger partial charge in [0.05, 0.1) is 0 Å². The number of benzene rings is 3. The normalized spacial score (nSPS) is 11.2. The van der Waals surface area contributed by atoms with Crippen LogP contribution in [-0.2, 0) is 0 Å². The molecule has 0 aliphatic carbocycles. The summed E-state index contributed by atoms with van der Waals surface area (Å²) < 4.78 is 40.6. The van der Waals surface area contributed by atoms with E-state index in [0.717, 1.165) is 22.1 Å². The molecule has 3 aromatic rings. The number of ether oxygens (including phenoxy) is 1. The fourth-order valence-corrected chi connectivity index (χ4v) is 2.77. The second-order valence-electron chi connectivity index (χ2n) is 5.47. The highest BCUT2D eigenvalue weighted by Crippen LogP contribution is 2.33. The molecule has 0 spiro atoms. The minimum atomic E-state index is -4.67. The third-order valence-corrected chi connectivity index (χ3v) is 4.03. The summed E-state index contributed by atoms with van der Waals surface area (Å²) in [6.07, 6.45) is -4.67. The molecule has 0 aliphatic heterocycles. The average Bonchev–Trinajstić information content (AvgIpc) is 2.50. The van der Waals surface area contributed by atoms with Crippen molar-refractivity contribution in [2.45, 2.75) is 20.2 Å². The van der Waals surface area contributed by atoms with Crippen LogP contribution in [0.2, 0.25) is 0 Å². The molecule has 24 heavy (non-hydrogen) atoms. The van der Waals surface area contributed by atoms with Crippen LogP contribution < -0.4 is 10.9 Å². The monoisotopic (exact) mass is 333 g/mol. The lowest BCUT2D eigenvalue weighted by atomic mass is 9.92. The van der Waals surface area contributed by atoms with E-state index in [-0.39, 0.29) is 11.9 Å². The summed E-state index contributed by atoms with van der Waals surface area (Å²) in [6.45, 7) is 4.08. The smallest absolute Gasteiger partial charge is 0.406 e. The van der Waals surface area contributed by atoms with E-state index in [1.54, 1.807) is 12.1 Å². The van der Waals surface area contributed by atoms with Gasteiger partial charge in [-0.15, -0.1) is 13.2 Å². The van der Waals surface area contributed by atoms with Gasteiger partial charge in [-0.2, -0.15) is 0 Å². The van der Waals surface area contributed by atoms with Crippen LogP contribution in [0.5, 0.6) is 5.75 Å². The topological polar surface area (TPSA) is 44.2 Å². The second-order valence-corrected chi connectivity index (χ2v) is 5.47. The lowest BCUT2D eigenvalue weighted by Gasteiger charge is -2.14. The highest BCUT2D eigenvalue weighted by atomic mass is 19.4. The van der Waals surface area contributed by atoms with Crippen LogP contribution in [0, 0.1) is 13.8 Å². The molecule has 3 aromatic carbocycles. The molecule has 126 valence electrons. The summed E-state index contributed by atoms with van der Waals surface area (Å²) in [5, 5.41) is 2.30. The van der Waals surface area contributed by atoms with Crippen LogP contribution in [0.1, 0.15) is 11.1 Å². The molecule has 0 fully saturated rings. The minimum Gasteiger partial charge on any atom is -0.406 e. The van der Waals surface area contributed by atoms with E-state index in [0.29, 0.717) is 0 Å². The van der Waals surface area contributed by atoms with Crippen molar-refractivity contribution in [2.24, 2.45) is 0 Å². The average molecular weight is 333 g/mol. The zero-order valence-corrected chi connectivity index (χ0v) is 13.4. The van der Waals surface area contributed by atoms with Crippen molar-refractivity contribution in [1.82, 2.24) is 6.15 Å². The van der Waals surface area contributed by atoms with Gasteiger partial charge in [0, 0.05) is 0 Å². The van der Waals surface area contributed by atoms with Crippen molar-refractivity contribution in [3.05, 3.63) is 65.7 Å². The molecule has 0 aliphatic rings. The van der Waals surface area contributed by atoms with Crippen molar-refractivity contribution < 1.29 is 17.9 Å². The number of hydrogen-bond acceptors (Lipinski definition) is 2. The highest BCUT2D eigenvalue weighted by Gasteiger charge is 2.30. The first-order valence-electron chi connectivity index (χ1n) is 7.20. The Kier molecular flexibility index (Phi) is 4.85. The summed E-state index contributed by atoms with van der Waals surface area (Å²) in [4.78, 5) is 0. The molecular weight excluding hydrogens is 315 g/mol. The molecule has 0 heterocycles. The van der Waals surface area contributed by atoms with Gasteiger partial charge >= 0.3 is 6.36 Å². The Morgan fingerprint density at radius 3 is 2.08 bits per heavy atom. The zero-order chi connectivity index (χ0) is 16.6. The Balaban J connectivity index is 0.00000208. The molecule has 0 aromatic heterocycles. The summed E-state index contributed by atoms with van der Waals surface area (Å²) >= 11 is 0. The second kappa shape index (κ2) is 6.53. The van der Waals surface area contributed by atoms with E-state index >= 15 is 0 Å². The largest absolute Gasteiger partial charge is 0.573 e. The van der Waals surface area contributed by atoms with Gasteiger partial charge in [-0.25, -0.2) is 0 Å². The van der Waals surface area contributed by atoms with Crippen molar-refractivity contribution in [3.63, 3.8) is 0 Å². The molecule has 3 rings (SSSR count). The standard InChI is InChI=1S/C19H15F3O.H3N/c1-12-13(2)18(11-15-5-3-4-6-17(12)15)14-7-9-16(10-8-14)23-19(20,21)22;/h3-11H,1-2H3;1H3. The summed E-state index contributed by atoms with van der Waals surface area (Å²) in [6, 6.07) is 16.1. The van der Waals surface area contributed by atoms with Gasteiger partial charge in [-0.05, 0) is 65.1 Å². The first-order valence-corrected chi connectivity index (χ1v) is 7.20. The van der Waals surface area contributed by atoms with Gasteiger partial charge < -0.3 is 10.9 Å². The molecular formula is C19H18F3NO. The molecule has 0 saturated heterocycles. The maximum absolute atomic E-state index is 12.2. The molecule has 0 saturated carbocycles. The maximum atomic E-state index is 12.2. The molecule has 0 amide bonds. The summed E-state index contributed by atoms with van der Waals surface area (Å²) in [5.41, 5.74) is 4.17. The van der Waals surface area contributed by atoms with E-state index < -0.39 is 6.36 Å². The first kappa shape index (κ1) is 17.8. The van der Waals surface area contributed by atoms with Crippen LogP contribution >= 0.6 is 0 Å². The Bertz CT molecular complexity index is 855. The Labute approximate surface area is 138 Å². The van der Waals surface area contributed by atoms with Gasteiger partial charge in [0.2, 0.25) is 0 Å². The lowest BCUT2D eigenvalue weighted by molar-refractivity contribution is -0.274. The molecule has 0 bridgehead atoms.